The molecule has 2 aliphatic rings. The molecule has 0 N–H and O–H groups in total. The molecular formula is C16H19ClN2O2. The molecule has 0 radical (unpaired) electrons. The van der Waals surface area contributed by atoms with E-state index in [0.29, 0.717) is 30.0 Å². The minimum Gasteiger partial charge on any atom is -0.475 e. The summed E-state index contributed by atoms with van der Waals surface area (Å²) in [4.78, 5) is 9.17. The zero-order chi connectivity index (χ0) is 15.3. The second kappa shape index (κ2) is 4.73. The van der Waals surface area contributed by atoms with E-state index in [9.17, 15) is 0 Å². The molecule has 0 unspecified atom stereocenters. The molecule has 0 amide bonds. The van der Waals surface area contributed by atoms with E-state index in [-0.39, 0.29) is 11.1 Å². The van der Waals surface area contributed by atoms with Crippen molar-refractivity contribution in [2.75, 3.05) is 13.2 Å². The maximum atomic E-state index is 6.23. The fourth-order valence-corrected chi connectivity index (χ4v) is 2.54. The van der Waals surface area contributed by atoms with Gasteiger partial charge in [-0.1, -0.05) is 11.6 Å². The summed E-state index contributed by atoms with van der Waals surface area (Å²) in [5.74, 6) is 1.25. The number of hydrogen-bond acceptors (Lipinski definition) is 4. The largest absolute Gasteiger partial charge is 0.475 e. The van der Waals surface area contributed by atoms with Gasteiger partial charge in [-0.05, 0) is 45.9 Å². The fourth-order valence-electron chi connectivity index (χ4n) is 2.30. The van der Waals surface area contributed by atoms with Gasteiger partial charge in [0, 0.05) is 16.1 Å². The molecule has 1 aromatic carbocycles. The molecule has 0 spiro atoms. The van der Waals surface area contributed by atoms with Crippen molar-refractivity contribution in [3.63, 3.8) is 0 Å². The van der Waals surface area contributed by atoms with Gasteiger partial charge in [-0.15, -0.1) is 0 Å². The van der Waals surface area contributed by atoms with Crippen LogP contribution in [0, 0.1) is 0 Å². The Morgan fingerprint density at radius 2 is 1.29 bits per heavy atom. The third-order valence-electron chi connectivity index (χ3n) is 3.32. The first kappa shape index (κ1) is 14.4. The molecule has 112 valence electrons. The second-order valence-corrected chi connectivity index (χ2v) is 7.20. The number of rotatable bonds is 2. The van der Waals surface area contributed by atoms with Crippen LogP contribution in [0.2, 0.25) is 5.02 Å². The highest BCUT2D eigenvalue weighted by Gasteiger charge is 2.29. The average molecular weight is 307 g/mol. The maximum Gasteiger partial charge on any atom is 0.216 e. The highest BCUT2D eigenvalue weighted by atomic mass is 35.5. The summed E-state index contributed by atoms with van der Waals surface area (Å²) in [5, 5.41) is 0.620. The molecule has 0 atom stereocenters. The zero-order valence-electron chi connectivity index (χ0n) is 12.7. The van der Waals surface area contributed by atoms with Crippen molar-refractivity contribution in [2.45, 2.75) is 38.8 Å². The van der Waals surface area contributed by atoms with Crippen molar-refractivity contribution in [1.82, 2.24) is 0 Å². The Hall–Kier alpha value is -1.55. The van der Waals surface area contributed by atoms with E-state index in [1.165, 1.54) is 0 Å². The van der Waals surface area contributed by atoms with Crippen LogP contribution in [-0.2, 0) is 9.47 Å². The Morgan fingerprint density at radius 1 is 0.857 bits per heavy atom. The smallest absolute Gasteiger partial charge is 0.216 e. The van der Waals surface area contributed by atoms with Gasteiger partial charge in [0.25, 0.3) is 0 Å². The van der Waals surface area contributed by atoms with Crippen LogP contribution in [0.5, 0.6) is 0 Å². The minimum absolute atomic E-state index is 0.193. The topological polar surface area (TPSA) is 43.2 Å². The van der Waals surface area contributed by atoms with Crippen LogP contribution >= 0.6 is 11.6 Å². The van der Waals surface area contributed by atoms with Crippen molar-refractivity contribution in [3.05, 3.63) is 34.3 Å². The van der Waals surface area contributed by atoms with Crippen LogP contribution < -0.4 is 0 Å². The van der Waals surface area contributed by atoms with Gasteiger partial charge in [-0.2, -0.15) is 0 Å². The summed E-state index contributed by atoms with van der Waals surface area (Å²) in [7, 11) is 0. The van der Waals surface area contributed by atoms with Crippen LogP contribution in [0.1, 0.15) is 38.8 Å². The Bertz CT molecular complexity index is 595. The highest BCUT2D eigenvalue weighted by Crippen LogP contribution is 2.26. The molecule has 21 heavy (non-hydrogen) atoms. The van der Waals surface area contributed by atoms with Gasteiger partial charge in [-0.25, -0.2) is 9.98 Å². The molecule has 1 aromatic rings. The summed E-state index contributed by atoms with van der Waals surface area (Å²) >= 11 is 6.23. The van der Waals surface area contributed by atoms with Crippen molar-refractivity contribution in [3.8, 4) is 0 Å². The lowest BCUT2D eigenvalue weighted by Gasteiger charge is -2.07. The molecule has 0 bridgehead atoms. The molecule has 2 aliphatic heterocycles. The maximum absolute atomic E-state index is 6.23. The third kappa shape index (κ3) is 3.05. The van der Waals surface area contributed by atoms with E-state index >= 15 is 0 Å². The summed E-state index contributed by atoms with van der Waals surface area (Å²) in [6.45, 7) is 9.32. The van der Waals surface area contributed by atoms with E-state index in [0.717, 1.165) is 11.1 Å². The molecule has 2 heterocycles. The lowest BCUT2D eigenvalue weighted by atomic mass is 10.1. The van der Waals surface area contributed by atoms with E-state index in [1.807, 2.05) is 45.9 Å². The van der Waals surface area contributed by atoms with E-state index < -0.39 is 0 Å². The SMILES string of the molecule is CC1(C)COC(c2cc(Cl)cc(C3=NC(C)(C)CO3)c2)=N1. The normalized spacial score (nSPS) is 22.3. The van der Waals surface area contributed by atoms with Gasteiger partial charge in [0.1, 0.15) is 13.2 Å². The number of hydrogen-bond donors (Lipinski definition) is 0. The van der Waals surface area contributed by atoms with Crippen molar-refractivity contribution in [2.24, 2.45) is 9.98 Å². The number of ether oxygens (including phenoxy) is 2. The summed E-state index contributed by atoms with van der Waals surface area (Å²) < 4.78 is 11.4. The van der Waals surface area contributed by atoms with Crippen LogP contribution in [0.3, 0.4) is 0 Å². The highest BCUT2D eigenvalue weighted by molar-refractivity contribution is 6.31. The first-order valence-corrected chi connectivity index (χ1v) is 7.39. The van der Waals surface area contributed by atoms with Crippen LogP contribution in [0.15, 0.2) is 28.2 Å². The molecule has 0 fully saturated rings. The molecule has 0 aliphatic carbocycles. The van der Waals surface area contributed by atoms with Crippen LogP contribution in [-0.4, -0.2) is 36.1 Å². The van der Waals surface area contributed by atoms with Crippen molar-refractivity contribution >= 4 is 23.4 Å². The Kier molecular flexibility index (Phi) is 3.24. The van der Waals surface area contributed by atoms with Gasteiger partial charge < -0.3 is 9.47 Å². The second-order valence-electron chi connectivity index (χ2n) is 6.76. The number of nitrogens with zero attached hydrogens (tertiary/aromatic N) is 2. The molecule has 4 nitrogen and oxygen atoms in total. The molecule has 0 saturated carbocycles. The van der Waals surface area contributed by atoms with Gasteiger partial charge in [0.05, 0.1) is 11.1 Å². The van der Waals surface area contributed by atoms with E-state index in [2.05, 4.69) is 9.98 Å². The molecule has 0 saturated heterocycles. The molecule has 0 aromatic heterocycles. The summed E-state index contributed by atoms with van der Waals surface area (Å²) in [6.07, 6.45) is 0. The third-order valence-corrected chi connectivity index (χ3v) is 3.54. The standard InChI is InChI=1S/C16H19ClN2O2/c1-15(2)8-20-13(18-15)10-5-11(7-12(17)6-10)14-19-16(3,4)9-21-14/h5-7H,8-9H2,1-4H3. The summed E-state index contributed by atoms with van der Waals surface area (Å²) in [5.41, 5.74) is 1.33. The van der Waals surface area contributed by atoms with Gasteiger partial charge in [-0.3, -0.25) is 0 Å². The Balaban J connectivity index is 1.99. The number of benzene rings is 1. The first-order chi connectivity index (χ1) is 9.74. The van der Waals surface area contributed by atoms with Gasteiger partial charge in [0.2, 0.25) is 11.8 Å². The lowest BCUT2D eigenvalue weighted by molar-refractivity contribution is 0.279. The molecule has 3 rings (SSSR count). The quantitative estimate of drug-likeness (QED) is 0.840. The zero-order valence-corrected chi connectivity index (χ0v) is 13.5. The van der Waals surface area contributed by atoms with Crippen LogP contribution in [0.4, 0.5) is 0 Å². The van der Waals surface area contributed by atoms with Crippen LogP contribution in [0.25, 0.3) is 0 Å². The number of halogens is 1. The van der Waals surface area contributed by atoms with Gasteiger partial charge in [0.15, 0.2) is 0 Å². The Labute approximate surface area is 129 Å². The first-order valence-electron chi connectivity index (χ1n) is 7.01. The average Bonchev–Trinajstić information content (AvgIpc) is 2.91. The van der Waals surface area contributed by atoms with Gasteiger partial charge >= 0.3 is 0 Å². The van der Waals surface area contributed by atoms with E-state index in [4.69, 9.17) is 21.1 Å². The lowest BCUT2D eigenvalue weighted by Crippen LogP contribution is -2.17. The predicted molar refractivity (Wildman–Crippen MR) is 84.6 cm³/mol. The predicted octanol–water partition coefficient (Wildman–Crippen LogP) is 3.45. The molecule has 5 heteroatoms. The van der Waals surface area contributed by atoms with Crippen molar-refractivity contribution < 1.29 is 9.47 Å². The minimum atomic E-state index is -0.193. The fraction of sp³-hybridized carbons (Fsp3) is 0.500. The van der Waals surface area contributed by atoms with Crippen molar-refractivity contribution in [1.29, 1.82) is 0 Å². The summed E-state index contributed by atoms with van der Waals surface area (Å²) in [6, 6.07) is 5.67. The Morgan fingerprint density at radius 3 is 1.62 bits per heavy atom. The van der Waals surface area contributed by atoms with E-state index in [1.54, 1.807) is 0 Å². The monoisotopic (exact) mass is 306 g/mol. The number of aliphatic imine (C=N–C) groups is 2. The molecular weight excluding hydrogens is 288 g/mol.